The van der Waals surface area contributed by atoms with Crippen LogP contribution in [0.1, 0.15) is 46.2 Å². The van der Waals surface area contributed by atoms with Gasteiger partial charge in [0.1, 0.15) is 17.1 Å². The molecule has 0 aliphatic heterocycles. The summed E-state index contributed by atoms with van der Waals surface area (Å²) in [5.41, 5.74) is 0.509. The highest BCUT2D eigenvalue weighted by atomic mass is 32.1. The molecule has 4 aromatic rings. The van der Waals surface area contributed by atoms with Crippen molar-refractivity contribution in [1.29, 1.82) is 0 Å². The largest absolute Gasteiger partial charge is 0.494 e. The second kappa shape index (κ2) is 9.79. The number of halogens is 2. The van der Waals surface area contributed by atoms with Gasteiger partial charge in [0.05, 0.1) is 25.1 Å². The summed E-state index contributed by atoms with van der Waals surface area (Å²) in [6.45, 7) is 1.68. The molecule has 1 N–H and O–H groups in total. The maximum absolute atomic E-state index is 13.5. The van der Waals surface area contributed by atoms with Crippen LogP contribution in [0.2, 0.25) is 0 Å². The van der Waals surface area contributed by atoms with E-state index >= 15 is 0 Å². The Balaban J connectivity index is 1.55. The number of aromatic nitrogens is 5. The van der Waals surface area contributed by atoms with E-state index in [9.17, 15) is 13.6 Å². The van der Waals surface area contributed by atoms with Crippen molar-refractivity contribution in [1.82, 2.24) is 25.1 Å². The molecule has 0 saturated heterocycles. The van der Waals surface area contributed by atoms with Gasteiger partial charge in [-0.1, -0.05) is 17.3 Å². The summed E-state index contributed by atoms with van der Waals surface area (Å²) in [6.07, 6.45) is 3.35. The summed E-state index contributed by atoms with van der Waals surface area (Å²) in [5.74, 6) is 6.87. The second-order valence-corrected chi connectivity index (χ2v) is 8.86. The number of hydrogen-bond donors (Lipinski definition) is 1. The van der Waals surface area contributed by atoms with Gasteiger partial charge in [-0.05, 0) is 30.9 Å². The van der Waals surface area contributed by atoms with Gasteiger partial charge >= 0.3 is 0 Å². The van der Waals surface area contributed by atoms with Crippen LogP contribution in [0, 0.1) is 24.7 Å². The second-order valence-electron chi connectivity index (χ2n) is 7.88. The lowest BCUT2D eigenvalue weighted by atomic mass is 9.99. The summed E-state index contributed by atoms with van der Waals surface area (Å²) < 4.78 is 37.9. The van der Waals surface area contributed by atoms with Crippen LogP contribution in [0.3, 0.4) is 0 Å². The van der Waals surface area contributed by atoms with Gasteiger partial charge in [-0.15, -0.1) is 10.2 Å². The molecule has 1 aliphatic carbocycles. The minimum Gasteiger partial charge on any atom is -0.494 e. The van der Waals surface area contributed by atoms with E-state index in [1.165, 1.54) is 31.8 Å². The van der Waals surface area contributed by atoms with Crippen LogP contribution in [-0.4, -0.2) is 38.2 Å². The maximum atomic E-state index is 13.5. The van der Waals surface area contributed by atoms with Crippen molar-refractivity contribution in [3.05, 3.63) is 52.9 Å². The van der Waals surface area contributed by atoms with Crippen molar-refractivity contribution >= 4 is 22.4 Å². The molecule has 0 radical (unpaired) electrons. The fourth-order valence-corrected chi connectivity index (χ4v) is 3.91. The van der Waals surface area contributed by atoms with E-state index in [1.54, 1.807) is 13.0 Å². The number of amides is 1. The zero-order valence-electron chi connectivity index (χ0n) is 19.1. The number of pyridine rings is 2. The van der Waals surface area contributed by atoms with Gasteiger partial charge in [0, 0.05) is 30.2 Å². The minimum absolute atomic E-state index is 0.0977. The Labute approximate surface area is 208 Å². The third-order valence-electron chi connectivity index (χ3n) is 5.25. The summed E-state index contributed by atoms with van der Waals surface area (Å²) >= 11 is 1.14. The average Bonchev–Trinajstić information content (AvgIpc) is 3.44. The molecule has 1 amide bonds. The highest BCUT2D eigenvalue weighted by molar-refractivity contribution is 7.15. The molecule has 12 heteroatoms. The topological polar surface area (TPSA) is 116 Å². The van der Waals surface area contributed by atoms with Crippen LogP contribution >= 0.6 is 11.3 Å². The number of oxazole rings is 1. The zero-order chi connectivity index (χ0) is 25.2. The Morgan fingerprint density at radius 3 is 2.69 bits per heavy atom. The Kier molecular flexibility index (Phi) is 6.39. The normalized spacial score (nSPS) is 12.8. The van der Waals surface area contributed by atoms with Gasteiger partial charge in [0.2, 0.25) is 5.13 Å². The van der Waals surface area contributed by atoms with Crippen molar-refractivity contribution in [2.24, 2.45) is 5.92 Å². The van der Waals surface area contributed by atoms with Crippen LogP contribution in [0.25, 0.3) is 22.6 Å². The predicted molar refractivity (Wildman–Crippen MR) is 127 cm³/mol. The van der Waals surface area contributed by atoms with Crippen molar-refractivity contribution < 1.29 is 22.7 Å². The molecule has 0 aromatic carbocycles. The van der Waals surface area contributed by atoms with E-state index in [0.29, 0.717) is 28.3 Å². The number of carbonyl (C=O) groups is 1. The molecule has 1 aliphatic rings. The van der Waals surface area contributed by atoms with Gasteiger partial charge in [-0.3, -0.25) is 20.1 Å². The summed E-state index contributed by atoms with van der Waals surface area (Å²) in [6, 6.07) is 2.73. The molecule has 36 heavy (non-hydrogen) atoms. The molecule has 9 nitrogen and oxygen atoms in total. The number of hydrogen-bond acceptors (Lipinski definition) is 9. The SMILES string of the molecule is COc1cnc(C(F)F)cc1-c1cc(-c2cnc(C)o2)ncc1C(=O)Nc1nnc(C#CC2CC2)s1. The minimum atomic E-state index is -2.82. The van der Waals surface area contributed by atoms with Gasteiger partial charge in [0.15, 0.2) is 16.7 Å². The first-order valence-corrected chi connectivity index (χ1v) is 11.6. The fraction of sp³-hybridized carbons (Fsp3) is 0.250. The molecule has 0 unspecified atom stereocenters. The zero-order valence-corrected chi connectivity index (χ0v) is 19.9. The molecule has 4 heterocycles. The van der Waals surface area contributed by atoms with Crippen molar-refractivity contribution in [3.63, 3.8) is 0 Å². The Morgan fingerprint density at radius 1 is 1.17 bits per heavy atom. The average molecular weight is 509 g/mol. The number of rotatable bonds is 6. The first-order valence-electron chi connectivity index (χ1n) is 10.8. The van der Waals surface area contributed by atoms with Crippen molar-refractivity contribution in [2.75, 3.05) is 12.4 Å². The molecule has 1 fully saturated rings. The van der Waals surface area contributed by atoms with Crippen LogP contribution in [-0.2, 0) is 0 Å². The summed E-state index contributed by atoms with van der Waals surface area (Å²) in [7, 11) is 1.38. The first kappa shape index (κ1) is 23.5. The maximum Gasteiger partial charge on any atom is 0.280 e. The molecule has 5 rings (SSSR count). The smallest absolute Gasteiger partial charge is 0.280 e. The van der Waals surface area contributed by atoms with E-state index in [1.807, 2.05) is 0 Å². The quantitative estimate of drug-likeness (QED) is 0.365. The number of nitrogens with one attached hydrogen (secondary N) is 1. The number of methoxy groups -OCH3 is 1. The third-order valence-corrected chi connectivity index (χ3v) is 6.00. The van der Waals surface area contributed by atoms with Crippen LogP contribution in [0.15, 0.2) is 35.1 Å². The molecular formula is C24H18F2N6O3S. The van der Waals surface area contributed by atoms with Gasteiger partial charge in [-0.25, -0.2) is 13.8 Å². The molecule has 1 saturated carbocycles. The fourth-order valence-electron chi connectivity index (χ4n) is 3.31. The lowest BCUT2D eigenvalue weighted by Gasteiger charge is -2.14. The number of carbonyl (C=O) groups excluding carboxylic acids is 1. The van der Waals surface area contributed by atoms with Crippen molar-refractivity contribution in [2.45, 2.75) is 26.2 Å². The molecule has 0 spiro atoms. The van der Waals surface area contributed by atoms with E-state index in [0.717, 1.165) is 24.2 Å². The Bertz CT molecular complexity index is 1500. The number of ether oxygens (including phenoxy) is 1. The Hall–Kier alpha value is -4.24. The number of anilines is 1. The lowest BCUT2D eigenvalue weighted by Crippen LogP contribution is -2.14. The van der Waals surface area contributed by atoms with E-state index in [4.69, 9.17) is 9.15 Å². The van der Waals surface area contributed by atoms with Crippen LogP contribution in [0.4, 0.5) is 13.9 Å². The molecule has 0 bridgehead atoms. The highest BCUT2D eigenvalue weighted by Crippen LogP contribution is 2.36. The van der Waals surface area contributed by atoms with Crippen LogP contribution in [0.5, 0.6) is 5.75 Å². The van der Waals surface area contributed by atoms with Crippen molar-refractivity contribution in [3.8, 4) is 40.2 Å². The Morgan fingerprint density at radius 2 is 2.00 bits per heavy atom. The van der Waals surface area contributed by atoms with E-state index in [-0.39, 0.29) is 27.6 Å². The monoisotopic (exact) mass is 508 g/mol. The number of alkyl halides is 2. The van der Waals surface area contributed by atoms with Gasteiger partial charge < -0.3 is 9.15 Å². The van der Waals surface area contributed by atoms with Crippen LogP contribution < -0.4 is 10.1 Å². The molecule has 4 aromatic heterocycles. The summed E-state index contributed by atoms with van der Waals surface area (Å²) in [5, 5.41) is 11.4. The predicted octanol–water partition coefficient (Wildman–Crippen LogP) is 4.92. The first-order chi connectivity index (χ1) is 17.4. The number of aryl methyl sites for hydroxylation is 1. The standard InChI is InChI=1S/C24H18F2N6O3S/c1-12-27-11-20(35-12)17-7-14(15-8-18(22(25)26)29-10-19(15)34-2)16(9-28-17)23(33)30-24-32-31-21(36-24)6-5-13-3-4-13/h7-11,13,22H,3-4H2,1-2H3,(H,30,32,33). The highest BCUT2D eigenvalue weighted by Gasteiger charge is 2.23. The molecule has 0 atom stereocenters. The lowest BCUT2D eigenvalue weighted by molar-refractivity contribution is 0.102. The number of nitrogens with zero attached hydrogens (tertiary/aromatic N) is 5. The van der Waals surface area contributed by atoms with E-state index < -0.39 is 18.0 Å². The summed E-state index contributed by atoms with van der Waals surface area (Å²) in [4.78, 5) is 25.4. The van der Waals surface area contributed by atoms with Gasteiger partial charge in [0.25, 0.3) is 12.3 Å². The van der Waals surface area contributed by atoms with Gasteiger partial charge in [-0.2, -0.15) is 0 Å². The third kappa shape index (κ3) is 5.06. The van der Waals surface area contributed by atoms with E-state index in [2.05, 4.69) is 42.3 Å². The molecule has 182 valence electrons. The molecular weight excluding hydrogens is 490 g/mol.